The summed E-state index contributed by atoms with van der Waals surface area (Å²) in [4.78, 5) is 23.5. The first-order valence-corrected chi connectivity index (χ1v) is 11.3. The Labute approximate surface area is 192 Å². The van der Waals surface area contributed by atoms with Gasteiger partial charge in [0.2, 0.25) is 0 Å². The molecule has 12 heteroatoms. The normalized spacial score (nSPS) is 22.1. The molecule has 34 heavy (non-hydrogen) atoms. The van der Waals surface area contributed by atoms with Crippen molar-refractivity contribution in [2.24, 2.45) is 0 Å². The van der Waals surface area contributed by atoms with E-state index in [9.17, 15) is 18.0 Å². The fourth-order valence-electron chi connectivity index (χ4n) is 4.91. The maximum Gasteiger partial charge on any atom is 0.401 e. The zero-order valence-electron chi connectivity index (χ0n) is 18.2. The molecule has 2 N–H and O–H groups in total. The molecule has 0 bridgehead atoms. The number of nitrogens with zero attached hydrogens (tertiary/aromatic N) is 6. The second-order valence-electron chi connectivity index (χ2n) is 9.41. The van der Waals surface area contributed by atoms with Crippen LogP contribution in [0.1, 0.15) is 48.3 Å². The Morgan fingerprint density at radius 3 is 2.41 bits per heavy atom. The van der Waals surface area contributed by atoms with Gasteiger partial charge < -0.3 is 14.8 Å². The van der Waals surface area contributed by atoms with Crippen LogP contribution in [0, 0.1) is 0 Å². The Morgan fingerprint density at radius 1 is 1.03 bits per heavy atom. The Morgan fingerprint density at radius 2 is 1.76 bits per heavy atom. The molecule has 0 radical (unpaired) electrons. The Hall–Kier alpha value is -3.44. The fourth-order valence-corrected chi connectivity index (χ4v) is 4.91. The van der Waals surface area contributed by atoms with Crippen LogP contribution in [0.25, 0.3) is 11.4 Å². The Kier molecular flexibility index (Phi) is 4.68. The molecule has 3 fully saturated rings. The lowest BCUT2D eigenvalue weighted by atomic mass is 9.91. The maximum atomic E-state index is 13.3. The number of aromatic nitrogens is 6. The summed E-state index contributed by atoms with van der Waals surface area (Å²) in [6.07, 6.45) is -1.89. The monoisotopic (exact) mass is 472 g/mol. The number of likely N-dealkylation sites (tertiary alicyclic amines) is 2. The number of halogens is 3. The predicted molar refractivity (Wildman–Crippen MR) is 114 cm³/mol. The van der Waals surface area contributed by atoms with Gasteiger partial charge in [-0.3, -0.25) is 5.10 Å². The third-order valence-electron chi connectivity index (χ3n) is 7.32. The lowest BCUT2D eigenvalue weighted by molar-refractivity contribution is -0.162. The molecular formula is C22H23F3N8O. The molecule has 0 unspecified atom stereocenters. The van der Waals surface area contributed by atoms with E-state index in [-0.39, 0.29) is 36.5 Å². The molecule has 3 aliphatic rings. The van der Waals surface area contributed by atoms with Crippen molar-refractivity contribution in [3.05, 3.63) is 47.8 Å². The molecule has 1 saturated carbocycles. The summed E-state index contributed by atoms with van der Waals surface area (Å²) < 4.78 is 40.0. The Bertz CT molecular complexity index is 1180. The zero-order chi connectivity index (χ0) is 23.5. The van der Waals surface area contributed by atoms with E-state index < -0.39 is 11.6 Å². The number of H-pyrrole nitrogens is 2. The van der Waals surface area contributed by atoms with Gasteiger partial charge in [0.25, 0.3) is 0 Å². The van der Waals surface area contributed by atoms with E-state index in [2.05, 4.69) is 30.4 Å². The third kappa shape index (κ3) is 3.43. The van der Waals surface area contributed by atoms with Crippen molar-refractivity contribution < 1.29 is 18.0 Å². The minimum absolute atomic E-state index is 0.0408. The van der Waals surface area contributed by atoms with Crippen molar-refractivity contribution in [1.82, 2.24) is 40.2 Å². The van der Waals surface area contributed by atoms with Crippen molar-refractivity contribution in [2.75, 3.05) is 26.2 Å². The minimum atomic E-state index is -4.33. The first-order valence-electron chi connectivity index (χ1n) is 11.3. The number of carbonyl (C=O) groups excluding carboxylic acids is 1. The van der Waals surface area contributed by atoms with Crippen LogP contribution in [-0.4, -0.2) is 78.5 Å². The highest BCUT2D eigenvalue weighted by Gasteiger charge is 2.66. The van der Waals surface area contributed by atoms with Gasteiger partial charge in [0.1, 0.15) is 23.4 Å². The lowest BCUT2D eigenvalue weighted by Crippen LogP contribution is -2.53. The summed E-state index contributed by atoms with van der Waals surface area (Å²) in [5.74, 6) is 1.47. The molecule has 2 amide bonds. The summed E-state index contributed by atoms with van der Waals surface area (Å²) in [6, 6.07) is 7.59. The summed E-state index contributed by atoms with van der Waals surface area (Å²) in [6.45, 7) is 2.62. The number of hydrogen-bond acceptors (Lipinski definition) is 5. The largest absolute Gasteiger partial charge is 0.401 e. The summed E-state index contributed by atoms with van der Waals surface area (Å²) >= 11 is 0. The highest BCUT2D eigenvalue weighted by molar-refractivity contribution is 5.76. The van der Waals surface area contributed by atoms with Crippen molar-refractivity contribution in [3.8, 4) is 11.4 Å². The zero-order valence-corrected chi connectivity index (χ0v) is 18.2. The van der Waals surface area contributed by atoms with Gasteiger partial charge in [0, 0.05) is 43.6 Å². The SMILES string of the molecule is O=C(N1CC(c2ccc(-c3nnc(C4(C(F)(F)F)CC4)[nH]3)cc2)C1)N1CC[C@H](c2ncn[nH]2)C1. The van der Waals surface area contributed by atoms with Gasteiger partial charge in [-0.2, -0.15) is 18.3 Å². The first-order chi connectivity index (χ1) is 16.3. The number of nitrogens with one attached hydrogen (secondary N) is 2. The van der Waals surface area contributed by atoms with E-state index >= 15 is 0 Å². The van der Waals surface area contributed by atoms with E-state index in [1.54, 1.807) is 0 Å². The number of amides is 2. The van der Waals surface area contributed by atoms with Gasteiger partial charge >= 0.3 is 12.2 Å². The molecule has 0 spiro atoms. The van der Waals surface area contributed by atoms with Crippen LogP contribution in [0.5, 0.6) is 0 Å². The second-order valence-corrected chi connectivity index (χ2v) is 9.41. The Balaban J connectivity index is 1.06. The van der Waals surface area contributed by atoms with Gasteiger partial charge in [0.05, 0.1) is 0 Å². The maximum absolute atomic E-state index is 13.3. The number of alkyl halides is 3. The average Bonchev–Trinajstić information content (AvgIpc) is 3.21. The number of urea groups is 1. The van der Waals surface area contributed by atoms with Crippen molar-refractivity contribution in [1.29, 1.82) is 0 Å². The molecule has 2 aliphatic heterocycles. The van der Waals surface area contributed by atoms with Crippen molar-refractivity contribution in [3.63, 3.8) is 0 Å². The molecule has 3 aromatic rings. The molecule has 1 aliphatic carbocycles. The fraction of sp³-hybridized carbons (Fsp3) is 0.500. The van der Waals surface area contributed by atoms with Crippen LogP contribution < -0.4 is 0 Å². The van der Waals surface area contributed by atoms with Crippen molar-refractivity contribution >= 4 is 6.03 Å². The van der Waals surface area contributed by atoms with Gasteiger partial charge in [-0.05, 0) is 24.8 Å². The van der Waals surface area contributed by atoms with Crippen LogP contribution >= 0.6 is 0 Å². The van der Waals surface area contributed by atoms with E-state index in [0.717, 1.165) is 17.8 Å². The highest BCUT2D eigenvalue weighted by atomic mass is 19.4. The minimum Gasteiger partial charge on any atom is -0.324 e. The topological polar surface area (TPSA) is 107 Å². The number of aromatic amines is 2. The molecule has 1 aromatic carbocycles. The first kappa shape index (κ1) is 21.1. The average molecular weight is 472 g/mol. The van der Waals surface area contributed by atoms with Crippen molar-refractivity contribution in [2.45, 2.75) is 42.7 Å². The van der Waals surface area contributed by atoms with Crippen LogP contribution in [0.3, 0.4) is 0 Å². The van der Waals surface area contributed by atoms with E-state index in [0.29, 0.717) is 37.6 Å². The number of hydrogen-bond donors (Lipinski definition) is 2. The summed E-state index contributed by atoms with van der Waals surface area (Å²) in [5.41, 5.74) is -0.102. The number of carbonyl (C=O) groups is 1. The third-order valence-corrected chi connectivity index (χ3v) is 7.32. The number of benzene rings is 1. The van der Waals surface area contributed by atoms with Gasteiger partial charge in [-0.1, -0.05) is 24.3 Å². The standard InChI is InChI=1S/C22H23F3N8O/c23-22(24,25)21(6-7-21)19-28-18(30-31-19)14-3-1-13(2-4-14)16-10-33(11-16)20(34)32-8-5-15(9-32)17-26-12-27-29-17/h1-4,12,15-16H,5-11H2,(H,26,27,29)(H,28,30,31)/t15-/m0/s1. The molecule has 178 valence electrons. The quantitative estimate of drug-likeness (QED) is 0.607. The van der Waals surface area contributed by atoms with Crippen LogP contribution in [-0.2, 0) is 5.41 Å². The predicted octanol–water partition coefficient (Wildman–Crippen LogP) is 3.19. The smallest absolute Gasteiger partial charge is 0.324 e. The number of rotatable bonds is 4. The van der Waals surface area contributed by atoms with E-state index in [4.69, 9.17) is 0 Å². The van der Waals surface area contributed by atoms with Crippen LogP contribution in [0.2, 0.25) is 0 Å². The molecule has 6 rings (SSSR count). The van der Waals surface area contributed by atoms with Gasteiger partial charge in [-0.25, -0.2) is 9.78 Å². The molecule has 1 atom stereocenters. The van der Waals surface area contributed by atoms with Crippen LogP contribution in [0.15, 0.2) is 30.6 Å². The highest BCUT2D eigenvalue weighted by Crippen LogP contribution is 2.57. The van der Waals surface area contributed by atoms with Crippen LogP contribution in [0.4, 0.5) is 18.0 Å². The molecule has 2 aromatic heterocycles. The lowest BCUT2D eigenvalue weighted by Gasteiger charge is -2.41. The summed E-state index contributed by atoms with van der Waals surface area (Å²) in [5, 5.41) is 14.5. The van der Waals surface area contributed by atoms with Gasteiger partial charge in [-0.15, -0.1) is 10.2 Å². The van der Waals surface area contributed by atoms with E-state index in [1.165, 1.54) is 6.33 Å². The van der Waals surface area contributed by atoms with E-state index in [1.807, 2.05) is 34.1 Å². The molecule has 2 saturated heterocycles. The molecule has 4 heterocycles. The second kappa shape index (κ2) is 7.54. The molecule has 9 nitrogen and oxygen atoms in total. The molecular weight excluding hydrogens is 449 g/mol. The summed E-state index contributed by atoms with van der Waals surface area (Å²) in [7, 11) is 0. The van der Waals surface area contributed by atoms with Gasteiger partial charge in [0.15, 0.2) is 5.82 Å².